The van der Waals surface area contributed by atoms with Gasteiger partial charge in [0.1, 0.15) is 21.8 Å². The second kappa shape index (κ2) is 6.99. The second-order valence-corrected chi connectivity index (χ2v) is 6.29. The van der Waals surface area contributed by atoms with Gasteiger partial charge in [0, 0.05) is 15.6 Å². The highest BCUT2D eigenvalue weighted by Crippen LogP contribution is 2.45. The molecule has 0 spiro atoms. The largest absolute Gasteiger partial charge is 0.495 e. The summed E-state index contributed by atoms with van der Waals surface area (Å²) in [6.45, 7) is 0. The van der Waals surface area contributed by atoms with E-state index in [1.54, 1.807) is 31.4 Å². The topological polar surface area (TPSA) is 18.5 Å². The normalized spacial score (nSPS) is 12.1. The first-order valence-corrected chi connectivity index (χ1v) is 8.01. The number of rotatable bonds is 4. The van der Waals surface area contributed by atoms with Crippen molar-refractivity contribution in [2.45, 2.75) is 5.38 Å². The van der Waals surface area contributed by atoms with Gasteiger partial charge in [-0.05, 0) is 40.2 Å². The molecule has 2 rings (SSSR count). The van der Waals surface area contributed by atoms with Gasteiger partial charge in [-0.25, -0.2) is 4.39 Å². The van der Waals surface area contributed by atoms with Crippen molar-refractivity contribution in [1.82, 2.24) is 0 Å². The van der Waals surface area contributed by atoms with E-state index in [1.165, 1.54) is 13.2 Å². The predicted octanol–water partition coefficient (Wildman–Crippen LogP) is 5.70. The van der Waals surface area contributed by atoms with Gasteiger partial charge < -0.3 is 9.47 Å². The Balaban J connectivity index is 2.59. The summed E-state index contributed by atoms with van der Waals surface area (Å²) < 4.78 is 25.9. The van der Waals surface area contributed by atoms with Crippen molar-refractivity contribution in [2.24, 2.45) is 0 Å². The van der Waals surface area contributed by atoms with Gasteiger partial charge in [-0.2, -0.15) is 0 Å². The Hall–Kier alpha value is -0.780. The van der Waals surface area contributed by atoms with Gasteiger partial charge >= 0.3 is 0 Å². The van der Waals surface area contributed by atoms with E-state index >= 15 is 0 Å². The lowest BCUT2D eigenvalue weighted by Gasteiger charge is -2.18. The molecule has 0 saturated carbocycles. The molecule has 0 N–H and O–H groups in total. The molecular formula is C15H12Br2ClFO2. The van der Waals surface area contributed by atoms with E-state index in [1.807, 2.05) is 0 Å². The first-order chi connectivity index (χ1) is 10.0. The van der Waals surface area contributed by atoms with Gasteiger partial charge in [0.05, 0.1) is 19.6 Å². The molecule has 2 aromatic carbocycles. The van der Waals surface area contributed by atoms with Crippen LogP contribution in [0, 0.1) is 5.82 Å². The van der Waals surface area contributed by atoms with Gasteiger partial charge in [-0.15, -0.1) is 11.6 Å². The predicted molar refractivity (Wildman–Crippen MR) is 89.0 cm³/mol. The zero-order valence-electron chi connectivity index (χ0n) is 11.3. The summed E-state index contributed by atoms with van der Waals surface area (Å²) in [5, 5.41) is -0.697. The van der Waals surface area contributed by atoms with Crippen molar-refractivity contribution in [3.8, 4) is 11.5 Å². The van der Waals surface area contributed by atoms with Crippen LogP contribution in [0.1, 0.15) is 16.5 Å². The minimum Gasteiger partial charge on any atom is -0.495 e. The highest BCUT2D eigenvalue weighted by atomic mass is 79.9. The Morgan fingerprint density at radius 1 is 1.10 bits per heavy atom. The van der Waals surface area contributed by atoms with E-state index in [2.05, 4.69) is 31.9 Å². The number of ether oxygens (including phenoxy) is 2. The van der Waals surface area contributed by atoms with Crippen LogP contribution in [-0.4, -0.2) is 14.2 Å². The number of benzene rings is 2. The van der Waals surface area contributed by atoms with Gasteiger partial charge in [0.15, 0.2) is 0 Å². The number of alkyl halides is 1. The van der Waals surface area contributed by atoms with Gasteiger partial charge in [-0.1, -0.05) is 22.0 Å². The SMILES string of the molecule is COc1ccc(C(Cl)c2c(F)cccc2Br)c(OC)c1Br. The van der Waals surface area contributed by atoms with Crippen LogP contribution in [0.5, 0.6) is 11.5 Å². The van der Waals surface area contributed by atoms with Crippen molar-refractivity contribution in [2.75, 3.05) is 14.2 Å². The van der Waals surface area contributed by atoms with Crippen molar-refractivity contribution < 1.29 is 13.9 Å². The molecule has 1 atom stereocenters. The van der Waals surface area contributed by atoms with Crippen LogP contribution >= 0.6 is 43.5 Å². The smallest absolute Gasteiger partial charge is 0.141 e. The lowest BCUT2D eigenvalue weighted by atomic mass is 10.0. The van der Waals surface area contributed by atoms with Gasteiger partial charge in [-0.3, -0.25) is 0 Å². The third-order valence-electron chi connectivity index (χ3n) is 3.04. The van der Waals surface area contributed by atoms with Crippen molar-refractivity contribution in [3.05, 3.63) is 56.2 Å². The highest BCUT2D eigenvalue weighted by Gasteiger charge is 2.24. The summed E-state index contributed by atoms with van der Waals surface area (Å²) in [4.78, 5) is 0. The van der Waals surface area contributed by atoms with E-state index in [-0.39, 0.29) is 5.82 Å². The summed E-state index contributed by atoms with van der Waals surface area (Å²) in [5.74, 6) is 0.759. The molecule has 0 radical (unpaired) electrons. The van der Waals surface area contributed by atoms with Gasteiger partial charge in [0.2, 0.25) is 0 Å². The molecule has 112 valence electrons. The quantitative estimate of drug-likeness (QED) is 0.571. The zero-order valence-corrected chi connectivity index (χ0v) is 15.2. The molecular weight excluding hydrogens is 426 g/mol. The summed E-state index contributed by atoms with van der Waals surface area (Å²) in [7, 11) is 3.09. The summed E-state index contributed by atoms with van der Waals surface area (Å²) in [6.07, 6.45) is 0. The second-order valence-electron chi connectivity index (χ2n) is 4.20. The van der Waals surface area contributed by atoms with Crippen LogP contribution in [-0.2, 0) is 0 Å². The molecule has 0 aliphatic rings. The number of hydrogen-bond donors (Lipinski definition) is 0. The summed E-state index contributed by atoms with van der Waals surface area (Å²) >= 11 is 13.2. The van der Waals surface area contributed by atoms with Crippen LogP contribution in [0.2, 0.25) is 0 Å². The average molecular weight is 439 g/mol. The van der Waals surface area contributed by atoms with E-state index in [4.69, 9.17) is 21.1 Å². The van der Waals surface area contributed by atoms with Crippen LogP contribution < -0.4 is 9.47 Å². The minimum atomic E-state index is -0.697. The Kier molecular flexibility index (Phi) is 5.52. The third kappa shape index (κ3) is 3.20. The fourth-order valence-corrected chi connectivity index (χ4v) is 3.81. The number of methoxy groups -OCH3 is 2. The molecule has 1 unspecified atom stereocenters. The van der Waals surface area contributed by atoms with Crippen LogP contribution in [0.3, 0.4) is 0 Å². The maximum atomic E-state index is 14.1. The monoisotopic (exact) mass is 436 g/mol. The summed E-state index contributed by atoms with van der Waals surface area (Å²) in [6, 6.07) is 8.26. The fraction of sp³-hybridized carbons (Fsp3) is 0.200. The number of halogens is 4. The lowest BCUT2D eigenvalue weighted by molar-refractivity contribution is 0.386. The van der Waals surface area contributed by atoms with Crippen molar-refractivity contribution in [1.29, 1.82) is 0 Å². The van der Waals surface area contributed by atoms with Crippen LogP contribution in [0.15, 0.2) is 39.3 Å². The maximum absolute atomic E-state index is 14.1. The molecule has 0 saturated heterocycles. The Morgan fingerprint density at radius 3 is 2.38 bits per heavy atom. The first-order valence-electron chi connectivity index (χ1n) is 5.99. The van der Waals surface area contributed by atoms with E-state index < -0.39 is 5.38 Å². The molecule has 2 nitrogen and oxygen atoms in total. The van der Waals surface area contributed by atoms with Crippen molar-refractivity contribution >= 4 is 43.5 Å². The molecule has 0 aromatic heterocycles. The van der Waals surface area contributed by atoms with Crippen LogP contribution in [0.25, 0.3) is 0 Å². The third-order valence-corrected chi connectivity index (χ3v) is 4.94. The molecule has 0 fully saturated rings. The Morgan fingerprint density at radius 2 is 1.81 bits per heavy atom. The molecule has 0 bridgehead atoms. The van der Waals surface area contributed by atoms with E-state index in [0.29, 0.717) is 31.6 Å². The molecule has 6 heteroatoms. The van der Waals surface area contributed by atoms with Crippen LogP contribution in [0.4, 0.5) is 4.39 Å². The number of hydrogen-bond acceptors (Lipinski definition) is 2. The average Bonchev–Trinajstić information content (AvgIpc) is 2.46. The first kappa shape index (κ1) is 16.6. The Labute approximate surface area is 144 Å². The van der Waals surface area contributed by atoms with E-state index in [0.717, 1.165) is 0 Å². The van der Waals surface area contributed by atoms with Gasteiger partial charge in [0.25, 0.3) is 0 Å². The van der Waals surface area contributed by atoms with Crippen molar-refractivity contribution in [3.63, 3.8) is 0 Å². The molecule has 0 aliphatic heterocycles. The lowest BCUT2D eigenvalue weighted by Crippen LogP contribution is -2.02. The molecule has 2 aromatic rings. The summed E-state index contributed by atoms with van der Waals surface area (Å²) in [5.41, 5.74) is 1.02. The Bertz CT molecular complexity index is 644. The standard InChI is InChI=1S/C15H12Br2ClFO2/c1-20-11-7-6-8(15(21-2)13(11)17)14(18)12-9(16)4-3-5-10(12)19/h3-7,14H,1-2H3. The fourth-order valence-electron chi connectivity index (χ4n) is 2.03. The maximum Gasteiger partial charge on any atom is 0.141 e. The van der Waals surface area contributed by atoms with E-state index in [9.17, 15) is 4.39 Å². The minimum absolute atomic E-state index is 0.370. The molecule has 0 amide bonds. The zero-order chi connectivity index (χ0) is 15.6. The molecule has 21 heavy (non-hydrogen) atoms. The highest BCUT2D eigenvalue weighted by molar-refractivity contribution is 9.11. The molecule has 0 aliphatic carbocycles. The molecule has 0 heterocycles.